The number of piperazine rings is 1. The number of nitriles is 1. The summed E-state index contributed by atoms with van der Waals surface area (Å²) >= 11 is 1.64. The van der Waals surface area contributed by atoms with E-state index in [2.05, 4.69) is 75.8 Å². The molecule has 6 aliphatic rings. The zero-order valence-corrected chi connectivity index (χ0v) is 40.8. The molecule has 4 aliphatic heterocycles. The van der Waals surface area contributed by atoms with Gasteiger partial charge in [0.1, 0.15) is 18.9 Å². The number of thioether (sulfide) groups is 1. The number of hydrogen-bond acceptors (Lipinski definition) is 15. The third-order valence-corrected chi connectivity index (χ3v) is 15.8. The van der Waals surface area contributed by atoms with Crippen molar-refractivity contribution in [2.75, 3.05) is 66.2 Å². The topological polar surface area (TPSA) is 171 Å². The molecule has 4 aromatic carbocycles. The van der Waals surface area contributed by atoms with Gasteiger partial charge in [-0.15, -0.1) is 0 Å². The maximum atomic E-state index is 14.8. The summed E-state index contributed by atoms with van der Waals surface area (Å²) in [6, 6.07) is 27.9. The zero-order chi connectivity index (χ0) is 48.7. The number of aliphatic hydroxyl groups is 1. The summed E-state index contributed by atoms with van der Waals surface area (Å²) in [5, 5.41) is 27.5. The molecule has 0 saturated carbocycles. The van der Waals surface area contributed by atoms with Crippen LogP contribution in [0.15, 0.2) is 108 Å². The van der Waals surface area contributed by atoms with E-state index in [1.807, 2.05) is 44.3 Å². The summed E-state index contributed by atoms with van der Waals surface area (Å²) < 4.78 is 48.2. The van der Waals surface area contributed by atoms with Crippen LogP contribution in [0.1, 0.15) is 58.7 Å². The predicted molar refractivity (Wildman–Crippen MR) is 260 cm³/mol. The van der Waals surface area contributed by atoms with Gasteiger partial charge in [-0.1, -0.05) is 84.9 Å². The van der Waals surface area contributed by atoms with Crippen molar-refractivity contribution in [3.63, 3.8) is 0 Å². The molecule has 16 heteroatoms. The van der Waals surface area contributed by atoms with E-state index >= 15 is 0 Å². The normalized spacial score (nSPS) is 24.8. The zero-order valence-electron chi connectivity index (χ0n) is 40.0. The number of carbonyl (C=O) groups is 2. The molecule has 1 amide bonds. The van der Waals surface area contributed by atoms with Gasteiger partial charge in [0.15, 0.2) is 41.2 Å². The first kappa shape index (κ1) is 47.8. The number of alkyl carbamates (subject to hydrolysis) is 1. The molecular formula is C54H58N4O11S. The van der Waals surface area contributed by atoms with Gasteiger partial charge in [0.2, 0.25) is 6.79 Å². The second-order valence-electron chi connectivity index (χ2n) is 18.6. The maximum absolute atomic E-state index is 14.8. The van der Waals surface area contributed by atoms with Crippen molar-refractivity contribution in [1.29, 1.82) is 5.26 Å². The summed E-state index contributed by atoms with van der Waals surface area (Å²) in [6.45, 7) is 3.96. The molecule has 3 unspecified atom stereocenters. The molecule has 0 spiro atoms. The first-order valence-electron chi connectivity index (χ1n) is 23.7. The van der Waals surface area contributed by atoms with Gasteiger partial charge in [-0.3, -0.25) is 19.9 Å². The first-order valence-corrected chi connectivity index (χ1v) is 24.9. The molecule has 4 aromatic rings. The van der Waals surface area contributed by atoms with Gasteiger partial charge in [-0.05, 0) is 66.3 Å². The van der Waals surface area contributed by atoms with E-state index < -0.39 is 47.9 Å². The summed E-state index contributed by atoms with van der Waals surface area (Å²) in [7, 11) is 5.18. The number of aryl methyl sites for hydroxylation is 1. The van der Waals surface area contributed by atoms with Crippen LogP contribution in [0.25, 0.3) is 11.1 Å². The van der Waals surface area contributed by atoms with Crippen LogP contribution in [0, 0.1) is 18.3 Å². The van der Waals surface area contributed by atoms with Crippen LogP contribution in [0.3, 0.4) is 0 Å². The number of likely N-dealkylation sites (N-methyl/N-ethyl adjacent to an activating group) is 1. The van der Waals surface area contributed by atoms with Gasteiger partial charge >= 0.3 is 6.09 Å². The van der Waals surface area contributed by atoms with Crippen LogP contribution < -0.4 is 14.8 Å². The van der Waals surface area contributed by atoms with Crippen LogP contribution in [0.4, 0.5) is 4.79 Å². The maximum Gasteiger partial charge on any atom is 0.409 e. The molecule has 0 aromatic heterocycles. The number of hydrogen-bond donors (Lipinski definition) is 2. The lowest BCUT2D eigenvalue weighted by atomic mass is 9.65. The van der Waals surface area contributed by atoms with Gasteiger partial charge in [0, 0.05) is 59.7 Å². The van der Waals surface area contributed by atoms with Crippen LogP contribution in [0.5, 0.6) is 11.5 Å². The lowest BCUT2D eigenvalue weighted by Crippen LogP contribution is -2.74. The van der Waals surface area contributed by atoms with Crippen LogP contribution >= 0.6 is 11.8 Å². The Bertz CT molecular complexity index is 2720. The molecule has 3 saturated heterocycles. The number of amides is 1. The van der Waals surface area contributed by atoms with Crippen LogP contribution in [-0.4, -0.2) is 129 Å². The van der Waals surface area contributed by atoms with Gasteiger partial charge in [-0.2, -0.15) is 17.0 Å². The number of ketones is 1. The van der Waals surface area contributed by atoms with E-state index in [0.717, 1.165) is 22.3 Å². The number of nitrogens with one attached hydrogen (secondary N) is 1. The molecule has 70 heavy (non-hydrogen) atoms. The highest BCUT2D eigenvalue weighted by Crippen LogP contribution is 2.57. The van der Waals surface area contributed by atoms with Crippen molar-refractivity contribution in [1.82, 2.24) is 15.1 Å². The lowest BCUT2D eigenvalue weighted by molar-refractivity contribution is -0.153. The fraction of sp³-hybridized carbons (Fsp3) is 0.426. The Morgan fingerprint density at radius 2 is 1.69 bits per heavy atom. The van der Waals surface area contributed by atoms with Gasteiger partial charge in [0.05, 0.1) is 45.1 Å². The average Bonchev–Trinajstić information content (AvgIpc) is 3.98. The quantitative estimate of drug-likeness (QED) is 0.0826. The molecule has 366 valence electrons. The van der Waals surface area contributed by atoms with E-state index in [0.29, 0.717) is 42.6 Å². The molecule has 4 heterocycles. The van der Waals surface area contributed by atoms with Crippen molar-refractivity contribution in [2.45, 2.75) is 81.3 Å². The van der Waals surface area contributed by atoms with Crippen LogP contribution in [-0.2, 0) is 46.2 Å². The van der Waals surface area contributed by atoms with Gasteiger partial charge < -0.3 is 43.0 Å². The number of carbonyl (C=O) groups excluding carboxylic acids is 2. The van der Waals surface area contributed by atoms with Crippen LogP contribution in [0.2, 0.25) is 0 Å². The van der Waals surface area contributed by atoms with Gasteiger partial charge in [0.25, 0.3) is 0 Å². The second kappa shape index (κ2) is 20.1. The number of fused-ring (bicyclic) bond motifs is 11. The SMILES string of the molecule is COCCOCOc1c(OC)c(C)cc2c1[C@@H]1C3CC4(O)C(=O)C(C)=C5OCOC5=C4[C@H](COC(CSCC4c5ccccc5-c5ccccc54)NC(=O)OCc4ccccc4)N3[C@@H](C#N)[C@H](C2)N1C. The second-order valence-corrected chi connectivity index (χ2v) is 19.6. The number of benzene rings is 4. The van der Waals surface area contributed by atoms with Crippen molar-refractivity contribution in [3.8, 4) is 28.7 Å². The molecule has 2 aliphatic carbocycles. The Hall–Kier alpha value is -5.90. The standard InChI is InChI=1S/C54H58N4O11S/c1-31-21-34-22-40-42(24-55)58-41(47(57(40)3)45(34)50(48(31)63-5)67-29-64-20-19-62-4)23-54(61)46(51-49(68-30-69-51)32(2)52(54)59)43(58)26-65-44(56-53(60)66-25-33-13-7-6-8-14-33)28-70-27-39-37-17-11-9-15-35(37)36-16-10-12-18-38(36)39/h6-18,21,39-44,47,61H,19-20,22-23,25-30H2,1-5H3,(H,56,60)/t40-,41?,42-,43-,44?,47-,54?/m0/s1. The summed E-state index contributed by atoms with van der Waals surface area (Å²) in [6.07, 6.45) is -1.17. The monoisotopic (exact) mass is 970 g/mol. The molecule has 2 bridgehead atoms. The predicted octanol–water partition coefficient (Wildman–Crippen LogP) is 6.91. The summed E-state index contributed by atoms with van der Waals surface area (Å²) in [4.78, 5) is 32.8. The highest BCUT2D eigenvalue weighted by atomic mass is 32.2. The van der Waals surface area contributed by atoms with E-state index in [1.54, 1.807) is 32.9 Å². The van der Waals surface area contributed by atoms with E-state index in [9.17, 15) is 20.0 Å². The third kappa shape index (κ3) is 8.40. The molecular weight excluding hydrogens is 913 g/mol. The Balaban J connectivity index is 1.01. The first-order chi connectivity index (χ1) is 34.1. The fourth-order valence-electron chi connectivity index (χ4n) is 11.7. The third-order valence-electron chi connectivity index (χ3n) is 14.7. The largest absolute Gasteiger partial charge is 0.493 e. The van der Waals surface area contributed by atoms with E-state index in [-0.39, 0.29) is 67.8 Å². The molecule has 3 fully saturated rings. The number of nitrogens with zero attached hydrogens (tertiary/aromatic N) is 3. The Labute approximate surface area is 412 Å². The molecule has 2 N–H and O–H groups in total. The summed E-state index contributed by atoms with van der Waals surface area (Å²) in [5.41, 5.74) is 6.85. The van der Waals surface area contributed by atoms with Crippen molar-refractivity contribution in [2.24, 2.45) is 0 Å². The van der Waals surface area contributed by atoms with E-state index in [4.69, 9.17) is 37.9 Å². The Morgan fingerprint density at radius 3 is 2.40 bits per heavy atom. The summed E-state index contributed by atoms with van der Waals surface area (Å²) in [5.74, 6) is 2.18. The molecule has 7 atom stereocenters. The number of methoxy groups -OCH3 is 2. The van der Waals surface area contributed by atoms with Crippen molar-refractivity contribution in [3.05, 3.63) is 141 Å². The average molecular weight is 971 g/mol. The highest BCUT2D eigenvalue weighted by molar-refractivity contribution is 7.99. The smallest absolute Gasteiger partial charge is 0.409 e. The number of piperidine rings is 1. The number of rotatable bonds is 17. The van der Waals surface area contributed by atoms with Gasteiger partial charge in [-0.25, -0.2) is 4.79 Å². The highest BCUT2D eigenvalue weighted by Gasteiger charge is 2.64. The lowest BCUT2D eigenvalue weighted by Gasteiger charge is -2.62. The Kier molecular flexibility index (Phi) is 13.7. The van der Waals surface area contributed by atoms with Crippen molar-refractivity contribution < 1.29 is 52.6 Å². The Morgan fingerprint density at radius 1 is 0.971 bits per heavy atom. The molecule has 15 nitrogen and oxygen atoms in total. The van der Waals surface area contributed by atoms with E-state index in [1.165, 1.54) is 22.3 Å². The number of ether oxygens (including phenoxy) is 8. The van der Waals surface area contributed by atoms with Crippen molar-refractivity contribution >= 4 is 23.6 Å². The minimum Gasteiger partial charge on any atom is -0.493 e. The minimum absolute atomic E-state index is 0.0500. The minimum atomic E-state index is -2.08. The molecule has 0 radical (unpaired) electrons. The fourth-order valence-corrected chi connectivity index (χ4v) is 12.8. The number of Topliss-reactive ketones (excluding diaryl/α,β-unsaturated/α-hetero) is 1. The molecule has 10 rings (SSSR count).